The molecular formula is C8H7ClN4S. The molecule has 0 aliphatic rings. The van der Waals surface area contributed by atoms with Gasteiger partial charge in [0.05, 0.1) is 17.5 Å². The van der Waals surface area contributed by atoms with Gasteiger partial charge in [0.15, 0.2) is 5.16 Å². The molecule has 0 radical (unpaired) electrons. The van der Waals surface area contributed by atoms with Crippen molar-refractivity contribution in [2.24, 2.45) is 0 Å². The van der Waals surface area contributed by atoms with Crippen molar-refractivity contribution in [3.05, 3.63) is 23.6 Å². The van der Waals surface area contributed by atoms with Gasteiger partial charge in [0.1, 0.15) is 5.15 Å². The summed E-state index contributed by atoms with van der Waals surface area (Å²) < 4.78 is 0. The molecule has 2 rings (SSSR count). The van der Waals surface area contributed by atoms with Crippen LogP contribution in [-0.2, 0) is 0 Å². The van der Waals surface area contributed by atoms with Crippen molar-refractivity contribution < 1.29 is 0 Å². The molecule has 0 aromatic carbocycles. The molecule has 0 aliphatic carbocycles. The minimum absolute atomic E-state index is 0.496. The van der Waals surface area contributed by atoms with Crippen LogP contribution >= 0.6 is 23.4 Å². The Labute approximate surface area is 90.1 Å². The second-order valence-corrected chi connectivity index (χ2v) is 3.68. The van der Waals surface area contributed by atoms with Crippen LogP contribution in [0.3, 0.4) is 0 Å². The highest BCUT2D eigenvalue weighted by atomic mass is 35.5. The summed E-state index contributed by atoms with van der Waals surface area (Å²) in [7, 11) is 0. The van der Waals surface area contributed by atoms with Gasteiger partial charge in [-0.15, -0.1) is 0 Å². The van der Waals surface area contributed by atoms with Gasteiger partial charge in [-0.25, -0.2) is 9.97 Å². The summed E-state index contributed by atoms with van der Waals surface area (Å²) in [6.07, 6.45) is 5.28. The lowest BCUT2D eigenvalue weighted by Crippen LogP contribution is -1.87. The maximum absolute atomic E-state index is 5.88. The van der Waals surface area contributed by atoms with Gasteiger partial charge in [-0.05, 0) is 12.3 Å². The van der Waals surface area contributed by atoms with Gasteiger partial charge in [-0.3, -0.25) is 5.10 Å². The first kappa shape index (κ1) is 9.48. The van der Waals surface area contributed by atoms with Crippen LogP contribution in [-0.4, -0.2) is 26.4 Å². The third kappa shape index (κ3) is 1.73. The largest absolute Gasteiger partial charge is 0.267 e. The minimum atomic E-state index is 0.496. The molecule has 2 heterocycles. The highest BCUT2D eigenvalue weighted by Crippen LogP contribution is 2.24. The molecule has 0 amide bonds. The van der Waals surface area contributed by atoms with Crippen LogP contribution in [0.5, 0.6) is 0 Å². The quantitative estimate of drug-likeness (QED) is 0.630. The number of rotatable bonds is 2. The van der Waals surface area contributed by atoms with E-state index in [1.807, 2.05) is 6.26 Å². The number of aromatic amines is 1. The van der Waals surface area contributed by atoms with Crippen molar-refractivity contribution in [3.63, 3.8) is 0 Å². The maximum Gasteiger partial charge on any atom is 0.187 e. The molecule has 1 N–H and O–H groups in total. The number of nitrogens with zero attached hydrogens (tertiary/aromatic N) is 3. The first-order chi connectivity index (χ1) is 6.81. The Hall–Kier alpha value is -1.07. The Kier molecular flexibility index (Phi) is 2.69. The minimum Gasteiger partial charge on any atom is -0.267 e. The molecule has 14 heavy (non-hydrogen) atoms. The highest BCUT2D eigenvalue weighted by molar-refractivity contribution is 7.98. The highest BCUT2D eigenvalue weighted by Gasteiger charge is 2.07. The molecule has 0 bridgehead atoms. The van der Waals surface area contributed by atoms with Crippen LogP contribution in [0, 0.1) is 0 Å². The van der Waals surface area contributed by atoms with Crippen molar-refractivity contribution >= 4 is 23.4 Å². The van der Waals surface area contributed by atoms with Crippen molar-refractivity contribution in [1.29, 1.82) is 0 Å². The van der Waals surface area contributed by atoms with E-state index in [9.17, 15) is 0 Å². The number of thioether (sulfide) groups is 1. The zero-order chi connectivity index (χ0) is 9.97. The van der Waals surface area contributed by atoms with Gasteiger partial charge in [-0.1, -0.05) is 23.4 Å². The Morgan fingerprint density at radius 2 is 2.36 bits per heavy atom. The molecule has 2 aromatic rings. The average Bonchev–Trinajstić information content (AvgIpc) is 2.65. The summed E-state index contributed by atoms with van der Waals surface area (Å²) >= 11 is 7.37. The Bertz CT molecular complexity index is 442. The lowest BCUT2D eigenvalue weighted by molar-refractivity contribution is 0.976. The van der Waals surface area contributed by atoms with E-state index < -0.39 is 0 Å². The summed E-state index contributed by atoms with van der Waals surface area (Å²) in [5.41, 5.74) is 1.58. The Balaban J connectivity index is 2.47. The number of H-pyrrole nitrogens is 1. The van der Waals surface area contributed by atoms with E-state index in [1.165, 1.54) is 11.8 Å². The zero-order valence-electron chi connectivity index (χ0n) is 7.36. The molecule has 2 aromatic heterocycles. The first-order valence-corrected chi connectivity index (χ1v) is 5.48. The molecule has 0 saturated carbocycles. The van der Waals surface area contributed by atoms with Crippen LogP contribution in [0.25, 0.3) is 11.3 Å². The van der Waals surface area contributed by atoms with E-state index in [1.54, 1.807) is 18.5 Å². The summed E-state index contributed by atoms with van der Waals surface area (Å²) in [5, 5.41) is 7.70. The van der Waals surface area contributed by atoms with Crippen LogP contribution in [0.2, 0.25) is 5.15 Å². The van der Waals surface area contributed by atoms with Gasteiger partial charge in [0.25, 0.3) is 0 Å². The standard InChI is InChI=1S/C8H7ClN4S/c1-14-8-10-3-2-6(12-8)5-4-11-13-7(5)9/h2-4H,1H3,(H,11,13). The van der Waals surface area contributed by atoms with Crippen LogP contribution in [0.1, 0.15) is 0 Å². The van der Waals surface area contributed by atoms with Crippen molar-refractivity contribution in [2.75, 3.05) is 6.26 Å². The van der Waals surface area contributed by atoms with E-state index in [0.29, 0.717) is 5.15 Å². The smallest absolute Gasteiger partial charge is 0.187 e. The predicted octanol–water partition coefficient (Wildman–Crippen LogP) is 2.24. The molecule has 0 atom stereocenters. The topological polar surface area (TPSA) is 54.5 Å². The lowest BCUT2D eigenvalue weighted by atomic mass is 10.2. The number of aromatic nitrogens is 4. The lowest BCUT2D eigenvalue weighted by Gasteiger charge is -1.98. The predicted molar refractivity (Wildman–Crippen MR) is 56.4 cm³/mol. The van der Waals surface area contributed by atoms with Crippen LogP contribution < -0.4 is 0 Å². The van der Waals surface area contributed by atoms with E-state index in [4.69, 9.17) is 11.6 Å². The zero-order valence-corrected chi connectivity index (χ0v) is 8.93. The summed E-state index contributed by atoms with van der Waals surface area (Å²) in [5.74, 6) is 0. The van der Waals surface area contributed by atoms with Gasteiger partial charge in [0.2, 0.25) is 0 Å². The van der Waals surface area contributed by atoms with Crippen molar-refractivity contribution in [2.45, 2.75) is 5.16 Å². The fourth-order valence-electron chi connectivity index (χ4n) is 1.04. The molecule has 4 nitrogen and oxygen atoms in total. The molecule has 0 unspecified atom stereocenters. The summed E-state index contributed by atoms with van der Waals surface area (Å²) in [6, 6.07) is 1.80. The summed E-state index contributed by atoms with van der Waals surface area (Å²) in [6.45, 7) is 0. The maximum atomic E-state index is 5.88. The fraction of sp³-hybridized carbons (Fsp3) is 0.125. The number of hydrogen-bond acceptors (Lipinski definition) is 4. The van der Waals surface area contributed by atoms with Crippen molar-refractivity contribution in [3.8, 4) is 11.3 Å². The third-order valence-electron chi connectivity index (χ3n) is 1.68. The summed E-state index contributed by atoms with van der Waals surface area (Å²) in [4.78, 5) is 8.38. The number of halogens is 1. The molecule has 72 valence electrons. The number of hydrogen-bond donors (Lipinski definition) is 1. The average molecular weight is 227 g/mol. The second-order valence-electron chi connectivity index (χ2n) is 2.53. The Morgan fingerprint density at radius 1 is 1.50 bits per heavy atom. The molecule has 0 saturated heterocycles. The van der Waals surface area contributed by atoms with E-state index >= 15 is 0 Å². The fourth-order valence-corrected chi connectivity index (χ4v) is 1.59. The third-order valence-corrected chi connectivity index (χ3v) is 2.53. The van der Waals surface area contributed by atoms with Crippen LogP contribution in [0.4, 0.5) is 0 Å². The van der Waals surface area contributed by atoms with E-state index in [2.05, 4.69) is 20.2 Å². The molecule has 6 heteroatoms. The van der Waals surface area contributed by atoms with Crippen molar-refractivity contribution in [1.82, 2.24) is 20.2 Å². The number of nitrogens with one attached hydrogen (secondary N) is 1. The van der Waals surface area contributed by atoms with Gasteiger partial charge in [0, 0.05) is 6.20 Å². The normalized spacial score (nSPS) is 10.4. The Morgan fingerprint density at radius 3 is 3.00 bits per heavy atom. The molecule has 0 fully saturated rings. The monoisotopic (exact) mass is 226 g/mol. The molecular weight excluding hydrogens is 220 g/mol. The molecule has 0 spiro atoms. The SMILES string of the molecule is CSc1nccc(-c2cn[nH]c2Cl)n1. The van der Waals surface area contributed by atoms with E-state index in [-0.39, 0.29) is 0 Å². The van der Waals surface area contributed by atoms with Gasteiger partial charge < -0.3 is 0 Å². The van der Waals surface area contributed by atoms with Gasteiger partial charge in [-0.2, -0.15) is 5.10 Å². The second kappa shape index (κ2) is 3.98. The van der Waals surface area contributed by atoms with Crippen LogP contribution in [0.15, 0.2) is 23.6 Å². The molecule has 0 aliphatic heterocycles. The van der Waals surface area contributed by atoms with E-state index in [0.717, 1.165) is 16.4 Å². The van der Waals surface area contributed by atoms with Gasteiger partial charge >= 0.3 is 0 Å². The first-order valence-electron chi connectivity index (χ1n) is 3.87.